The largest absolute Gasteiger partial charge is 0.353 e. The van der Waals surface area contributed by atoms with Crippen LogP contribution in [-0.2, 0) is 10.0 Å². The maximum atomic E-state index is 12.5. The summed E-state index contributed by atoms with van der Waals surface area (Å²) in [6.07, 6.45) is 0. The Hall–Kier alpha value is -1.90. The minimum Gasteiger partial charge on any atom is -0.353 e. The van der Waals surface area contributed by atoms with E-state index in [1.54, 1.807) is 25.1 Å². The first-order valence-electron chi connectivity index (χ1n) is 8.49. The molecule has 0 amide bonds. The van der Waals surface area contributed by atoms with Gasteiger partial charge >= 0.3 is 0 Å². The Balaban J connectivity index is 1.70. The molecule has 0 radical (unpaired) electrons. The third kappa shape index (κ3) is 4.25. The molecule has 0 aliphatic carbocycles. The maximum Gasteiger partial charge on any atom is 0.263 e. The zero-order chi connectivity index (χ0) is 18.7. The second-order valence-corrected chi connectivity index (χ2v) is 8.30. The van der Waals surface area contributed by atoms with Crippen LogP contribution in [0.4, 0.5) is 11.6 Å². The van der Waals surface area contributed by atoms with Crippen molar-refractivity contribution in [2.75, 3.05) is 42.3 Å². The molecule has 2 heterocycles. The summed E-state index contributed by atoms with van der Waals surface area (Å²) in [7, 11) is -3.73. The molecular weight excluding hydrogens is 374 g/mol. The molecule has 2 aromatic rings. The number of nitrogens with zero attached hydrogens (tertiary/aromatic N) is 4. The Labute approximate surface area is 159 Å². The smallest absolute Gasteiger partial charge is 0.263 e. The number of hydrogen-bond acceptors (Lipinski definition) is 6. The van der Waals surface area contributed by atoms with Crippen LogP contribution in [0.1, 0.15) is 12.5 Å². The molecule has 140 valence electrons. The lowest BCUT2D eigenvalue weighted by Crippen LogP contribution is -2.46. The van der Waals surface area contributed by atoms with Crippen LogP contribution in [0.5, 0.6) is 0 Å². The molecule has 26 heavy (non-hydrogen) atoms. The van der Waals surface area contributed by atoms with Gasteiger partial charge in [0, 0.05) is 31.2 Å². The van der Waals surface area contributed by atoms with E-state index < -0.39 is 10.0 Å². The topological polar surface area (TPSA) is 78.4 Å². The minimum atomic E-state index is -3.73. The number of hydrogen-bond donors (Lipinski definition) is 1. The Bertz CT molecular complexity index is 865. The fourth-order valence-corrected chi connectivity index (χ4v) is 4.02. The summed E-state index contributed by atoms with van der Waals surface area (Å²) < 4.78 is 27.4. The molecule has 1 aromatic carbocycles. The monoisotopic (exact) mass is 395 g/mol. The lowest BCUT2D eigenvalue weighted by molar-refractivity contribution is 0.270. The number of nitrogens with one attached hydrogen (secondary N) is 1. The number of aromatic nitrogens is 2. The van der Waals surface area contributed by atoms with E-state index in [2.05, 4.69) is 31.6 Å². The van der Waals surface area contributed by atoms with Crippen molar-refractivity contribution in [1.29, 1.82) is 0 Å². The summed E-state index contributed by atoms with van der Waals surface area (Å²) in [6.45, 7) is 8.71. The minimum absolute atomic E-state index is 0.140. The molecule has 3 rings (SSSR count). The highest BCUT2D eigenvalue weighted by atomic mass is 35.5. The molecule has 0 atom stereocenters. The number of sulfonamides is 1. The first-order chi connectivity index (χ1) is 12.4. The fraction of sp³-hybridized carbons (Fsp3) is 0.412. The molecule has 0 saturated carbocycles. The van der Waals surface area contributed by atoms with Crippen molar-refractivity contribution in [1.82, 2.24) is 15.1 Å². The van der Waals surface area contributed by atoms with Gasteiger partial charge < -0.3 is 9.80 Å². The van der Waals surface area contributed by atoms with E-state index in [9.17, 15) is 8.42 Å². The third-order valence-electron chi connectivity index (χ3n) is 4.47. The Morgan fingerprint density at radius 1 is 1.12 bits per heavy atom. The number of halogens is 1. The van der Waals surface area contributed by atoms with Gasteiger partial charge in [0.05, 0.1) is 4.90 Å². The number of anilines is 2. The van der Waals surface area contributed by atoms with Crippen molar-refractivity contribution in [2.45, 2.75) is 18.7 Å². The van der Waals surface area contributed by atoms with Crippen molar-refractivity contribution in [3.05, 3.63) is 40.9 Å². The average molecular weight is 396 g/mol. The predicted molar refractivity (Wildman–Crippen MR) is 103 cm³/mol. The van der Waals surface area contributed by atoms with Gasteiger partial charge in [-0.1, -0.05) is 18.5 Å². The number of aryl methyl sites for hydroxylation is 1. The number of rotatable bonds is 5. The highest BCUT2D eigenvalue weighted by Crippen LogP contribution is 2.21. The Morgan fingerprint density at radius 3 is 2.42 bits per heavy atom. The van der Waals surface area contributed by atoms with Crippen LogP contribution < -0.4 is 9.62 Å². The maximum absolute atomic E-state index is 12.5. The predicted octanol–water partition coefficient (Wildman–Crippen LogP) is 2.38. The lowest BCUT2D eigenvalue weighted by Gasteiger charge is -2.34. The van der Waals surface area contributed by atoms with Gasteiger partial charge in [0.1, 0.15) is 0 Å². The normalized spacial score (nSPS) is 15.9. The van der Waals surface area contributed by atoms with Crippen LogP contribution in [0.25, 0.3) is 0 Å². The molecule has 0 unspecified atom stereocenters. The molecule has 0 spiro atoms. The van der Waals surface area contributed by atoms with Crippen molar-refractivity contribution in [3.8, 4) is 0 Å². The van der Waals surface area contributed by atoms with Crippen LogP contribution in [0, 0.1) is 6.92 Å². The van der Waals surface area contributed by atoms with Crippen molar-refractivity contribution < 1.29 is 8.42 Å². The van der Waals surface area contributed by atoms with Crippen LogP contribution in [-0.4, -0.2) is 56.2 Å². The Kier molecular flexibility index (Phi) is 5.64. The average Bonchev–Trinajstić information content (AvgIpc) is 2.64. The second-order valence-electron chi connectivity index (χ2n) is 6.21. The molecular formula is C17H22ClN5O2S. The summed E-state index contributed by atoms with van der Waals surface area (Å²) in [4.78, 5) is 4.67. The molecule has 1 saturated heterocycles. The zero-order valence-corrected chi connectivity index (χ0v) is 16.4. The van der Waals surface area contributed by atoms with Gasteiger partial charge in [0.2, 0.25) is 0 Å². The van der Waals surface area contributed by atoms with E-state index in [0.717, 1.165) is 38.5 Å². The second kappa shape index (κ2) is 7.77. The van der Waals surface area contributed by atoms with Gasteiger partial charge in [-0.25, -0.2) is 8.42 Å². The lowest BCUT2D eigenvalue weighted by atomic mass is 10.2. The SMILES string of the molecule is CCN1CCN(c2ccc(NS(=O)(=O)c3ccc(Cl)c(C)c3)nn2)CC1. The van der Waals surface area contributed by atoms with Gasteiger partial charge in [-0.05, 0) is 49.4 Å². The fourth-order valence-electron chi connectivity index (χ4n) is 2.82. The summed E-state index contributed by atoms with van der Waals surface area (Å²) in [5.74, 6) is 0.944. The van der Waals surface area contributed by atoms with E-state index in [1.165, 1.54) is 12.1 Å². The van der Waals surface area contributed by atoms with E-state index in [1.807, 2.05) is 0 Å². The molecule has 1 aliphatic heterocycles. The molecule has 1 aromatic heterocycles. The number of benzene rings is 1. The highest BCUT2D eigenvalue weighted by Gasteiger charge is 2.19. The van der Waals surface area contributed by atoms with Crippen LogP contribution in [0.15, 0.2) is 35.2 Å². The summed E-state index contributed by atoms with van der Waals surface area (Å²) >= 11 is 5.96. The van der Waals surface area contributed by atoms with E-state index in [4.69, 9.17) is 11.6 Å². The van der Waals surface area contributed by atoms with Crippen LogP contribution in [0.3, 0.4) is 0 Å². The van der Waals surface area contributed by atoms with Gasteiger partial charge in [0.25, 0.3) is 10.0 Å². The molecule has 9 heteroatoms. The number of piperazine rings is 1. The molecule has 1 aliphatic rings. The zero-order valence-electron chi connectivity index (χ0n) is 14.8. The van der Waals surface area contributed by atoms with Crippen LogP contribution >= 0.6 is 11.6 Å². The molecule has 7 nitrogen and oxygen atoms in total. The quantitative estimate of drug-likeness (QED) is 0.837. The van der Waals surface area contributed by atoms with E-state index in [0.29, 0.717) is 10.6 Å². The standard InChI is InChI=1S/C17H22ClN5O2S/c1-3-22-8-10-23(11-9-22)17-7-6-16(19-20-17)21-26(24,25)14-4-5-15(18)13(2)12-14/h4-7,12H,3,8-11H2,1-2H3,(H,19,21). The van der Waals surface area contributed by atoms with Gasteiger partial charge in [-0.2, -0.15) is 0 Å². The summed E-state index contributed by atoms with van der Waals surface area (Å²) in [5, 5.41) is 8.72. The van der Waals surface area contributed by atoms with Crippen LogP contribution in [0.2, 0.25) is 5.02 Å². The van der Waals surface area contributed by atoms with Crippen molar-refractivity contribution in [3.63, 3.8) is 0 Å². The van der Waals surface area contributed by atoms with E-state index >= 15 is 0 Å². The molecule has 1 N–H and O–H groups in total. The van der Waals surface area contributed by atoms with Crippen molar-refractivity contribution >= 4 is 33.3 Å². The summed E-state index contributed by atoms with van der Waals surface area (Å²) in [6, 6.07) is 7.98. The third-order valence-corrected chi connectivity index (χ3v) is 6.25. The van der Waals surface area contributed by atoms with Crippen molar-refractivity contribution in [2.24, 2.45) is 0 Å². The molecule has 1 fully saturated rings. The van der Waals surface area contributed by atoms with E-state index in [-0.39, 0.29) is 10.7 Å². The Morgan fingerprint density at radius 2 is 1.85 bits per heavy atom. The highest BCUT2D eigenvalue weighted by molar-refractivity contribution is 7.92. The first kappa shape index (κ1) is 18.9. The number of likely N-dealkylation sites (N-methyl/N-ethyl adjacent to an activating group) is 1. The van der Waals surface area contributed by atoms with Gasteiger partial charge in [-0.15, -0.1) is 10.2 Å². The summed E-state index contributed by atoms with van der Waals surface area (Å²) in [5.41, 5.74) is 0.696. The molecule has 0 bridgehead atoms. The first-order valence-corrected chi connectivity index (χ1v) is 10.3. The van der Waals surface area contributed by atoms with Gasteiger partial charge in [-0.3, -0.25) is 4.72 Å². The van der Waals surface area contributed by atoms with Gasteiger partial charge in [0.15, 0.2) is 11.6 Å².